The third kappa shape index (κ3) is 4.59. The molecule has 1 N–H and O–H groups in total. The molecule has 150 valence electrons. The molecule has 0 fully saturated rings. The molecule has 1 atom stereocenters. The van der Waals surface area contributed by atoms with Crippen molar-refractivity contribution in [2.45, 2.75) is 42.0 Å². The van der Waals surface area contributed by atoms with E-state index in [1.54, 1.807) is 36.0 Å². The van der Waals surface area contributed by atoms with E-state index < -0.39 is 10.0 Å². The number of likely N-dealkylation sites (N-methyl/N-ethyl adjacent to an activating group) is 1. The average molecular weight is 419 g/mol. The lowest BCUT2D eigenvalue weighted by Gasteiger charge is -2.20. The summed E-state index contributed by atoms with van der Waals surface area (Å²) >= 11 is 1.55. The number of carbonyl (C=O) groups is 1. The van der Waals surface area contributed by atoms with Gasteiger partial charge >= 0.3 is 0 Å². The quantitative estimate of drug-likeness (QED) is 0.700. The first-order valence-corrected chi connectivity index (χ1v) is 12.0. The molecule has 0 spiro atoms. The Morgan fingerprint density at radius 1 is 1.14 bits per heavy atom. The van der Waals surface area contributed by atoms with Crippen molar-refractivity contribution in [3.05, 3.63) is 59.2 Å². The zero-order valence-corrected chi connectivity index (χ0v) is 18.1. The number of hydrogen-bond donors (Lipinski definition) is 1. The van der Waals surface area contributed by atoms with Crippen LogP contribution in [0.4, 0.5) is 0 Å². The molecule has 28 heavy (non-hydrogen) atoms. The third-order valence-electron chi connectivity index (χ3n) is 5.13. The molecule has 2 aromatic carbocycles. The smallest absolute Gasteiger partial charge is 0.243 e. The third-order valence-corrected chi connectivity index (χ3v) is 7.70. The van der Waals surface area contributed by atoms with Crippen molar-refractivity contribution >= 4 is 27.7 Å². The van der Waals surface area contributed by atoms with E-state index in [2.05, 4.69) is 17.4 Å². The van der Waals surface area contributed by atoms with Gasteiger partial charge in [-0.05, 0) is 73.4 Å². The molecule has 5 nitrogen and oxygen atoms in total. The van der Waals surface area contributed by atoms with Crippen molar-refractivity contribution in [2.24, 2.45) is 0 Å². The predicted molar refractivity (Wildman–Crippen MR) is 113 cm³/mol. The second-order valence-electron chi connectivity index (χ2n) is 7.11. The Morgan fingerprint density at radius 2 is 1.82 bits per heavy atom. The van der Waals surface area contributed by atoms with Gasteiger partial charge in [0.1, 0.15) is 0 Å². The summed E-state index contributed by atoms with van der Waals surface area (Å²) in [7, 11) is -2.28. The van der Waals surface area contributed by atoms with Gasteiger partial charge in [0.05, 0.1) is 17.5 Å². The molecule has 3 rings (SSSR count). The molecule has 0 bridgehead atoms. The molecule has 1 aliphatic carbocycles. The fraction of sp³-hybridized carbons (Fsp3) is 0.381. The molecule has 1 aliphatic rings. The standard InChI is InChI=1S/C21H26N2O3S2/c1-15(17-8-7-16-5-4-6-18(16)13-17)22-21(24)14-23(2)28(25,26)20-11-9-19(27-3)10-12-20/h7-13,15H,4-6,14H2,1-3H3,(H,22,24)/t15-/m0/s1. The molecule has 0 aromatic heterocycles. The Labute approximate surface area is 171 Å². The van der Waals surface area contributed by atoms with Crippen molar-refractivity contribution in [2.75, 3.05) is 19.8 Å². The average Bonchev–Trinajstić information content (AvgIpc) is 3.15. The molecular formula is C21H26N2O3S2. The van der Waals surface area contributed by atoms with Crippen LogP contribution < -0.4 is 5.32 Å². The van der Waals surface area contributed by atoms with Gasteiger partial charge in [-0.15, -0.1) is 11.8 Å². The lowest BCUT2D eigenvalue weighted by atomic mass is 10.0. The van der Waals surface area contributed by atoms with Crippen molar-refractivity contribution < 1.29 is 13.2 Å². The lowest BCUT2D eigenvalue weighted by Crippen LogP contribution is -2.39. The highest BCUT2D eigenvalue weighted by atomic mass is 32.2. The zero-order chi connectivity index (χ0) is 20.3. The van der Waals surface area contributed by atoms with Crippen LogP contribution in [0.15, 0.2) is 52.3 Å². The van der Waals surface area contributed by atoms with Crippen molar-refractivity contribution in [3.8, 4) is 0 Å². The van der Waals surface area contributed by atoms with Crippen LogP contribution in [-0.2, 0) is 27.7 Å². The van der Waals surface area contributed by atoms with Gasteiger partial charge in [-0.1, -0.05) is 18.2 Å². The van der Waals surface area contributed by atoms with Gasteiger partial charge < -0.3 is 5.32 Å². The molecule has 7 heteroatoms. The Bertz CT molecular complexity index is 956. The summed E-state index contributed by atoms with van der Waals surface area (Å²) in [5.74, 6) is -0.320. The van der Waals surface area contributed by atoms with E-state index in [0.29, 0.717) is 0 Å². The molecule has 0 unspecified atom stereocenters. The van der Waals surface area contributed by atoms with Crippen LogP contribution in [0.25, 0.3) is 0 Å². The summed E-state index contributed by atoms with van der Waals surface area (Å²) in [6, 6.07) is 12.8. The number of thioether (sulfide) groups is 1. The molecular weight excluding hydrogens is 392 g/mol. The minimum Gasteiger partial charge on any atom is -0.348 e. The highest BCUT2D eigenvalue weighted by Crippen LogP contribution is 2.25. The van der Waals surface area contributed by atoms with Crippen molar-refractivity contribution in [3.63, 3.8) is 0 Å². The largest absolute Gasteiger partial charge is 0.348 e. The molecule has 0 saturated carbocycles. The van der Waals surface area contributed by atoms with Crippen molar-refractivity contribution in [1.82, 2.24) is 9.62 Å². The topological polar surface area (TPSA) is 66.5 Å². The zero-order valence-electron chi connectivity index (χ0n) is 16.4. The number of carbonyl (C=O) groups excluding carboxylic acids is 1. The van der Waals surface area contributed by atoms with Crippen LogP contribution in [-0.4, -0.2) is 38.5 Å². The number of benzene rings is 2. The van der Waals surface area contributed by atoms with E-state index in [9.17, 15) is 13.2 Å². The highest BCUT2D eigenvalue weighted by Gasteiger charge is 2.24. The van der Waals surface area contributed by atoms with E-state index in [1.165, 1.54) is 24.6 Å². The van der Waals surface area contributed by atoms with Gasteiger partial charge in [-0.25, -0.2) is 8.42 Å². The van der Waals surface area contributed by atoms with Crippen LogP contribution >= 0.6 is 11.8 Å². The number of nitrogens with zero attached hydrogens (tertiary/aromatic N) is 1. The van der Waals surface area contributed by atoms with Gasteiger partial charge in [0, 0.05) is 11.9 Å². The number of nitrogens with one attached hydrogen (secondary N) is 1. The van der Waals surface area contributed by atoms with Crippen LogP contribution in [0, 0.1) is 0 Å². The maximum atomic E-state index is 12.7. The van der Waals surface area contributed by atoms with Gasteiger partial charge in [-0.2, -0.15) is 4.31 Å². The van der Waals surface area contributed by atoms with E-state index in [1.807, 2.05) is 19.2 Å². The summed E-state index contributed by atoms with van der Waals surface area (Å²) < 4.78 is 26.5. The van der Waals surface area contributed by atoms with Gasteiger partial charge in [0.25, 0.3) is 0 Å². The number of rotatable bonds is 7. The van der Waals surface area contributed by atoms with Crippen LogP contribution in [0.1, 0.15) is 36.1 Å². The molecule has 0 heterocycles. The lowest BCUT2D eigenvalue weighted by molar-refractivity contribution is -0.121. The number of sulfonamides is 1. The normalized spacial score (nSPS) is 14.7. The summed E-state index contributed by atoms with van der Waals surface area (Å²) in [4.78, 5) is 13.6. The van der Waals surface area contributed by atoms with Crippen LogP contribution in [0.2, 0.25) is 0 Å². The second-order valence-corrected chi connectivity index (χ2v) is 10.0. The molecule has 2 aromatic rings. The number of fused-ring (bicyclic) bond motifs is 1. The SMILES string of the molecule is CSc1ccc(S(=O)(=O)N(C)CC(=O)N[C@@H](C)c2ccc3c(c2)CCC3)cc1. The Morgan fingerprint density at radius 3 is 2.50 bits per heavy atom. The van der Waals surface area contributed by atoms with E-state index in [0.717, 1.165) is 27.6 Å². The minimum absolute atomic E-state index is 0.171. The fourth-order valence-electron chi connectivity index (χ4n) is 3.45. The number of aryl methyl sites for hydroxylation is 2. The van der Waals surface area contributed by atoms with E-state index >= 15 is 0 Å². The summed E-state index contributed by atoms with van der Waals surface area (Å²) in [6.07, 6.45) is 5.32. The second kappa shape index (κ2) is 8.68. The summed E-state index contributed by atoms with van der Waals surface area (Å²) in [6.45, 7) is 1.70. The number of amides is 1. The first-order chi connectivity index (χ1) is 13.3. The van der Waals surface area contributed by atoms with E-state index in [4.69, 9.17) is 0 Å². The Balaban J connectivity index is 1.63. The monoisotopic (exact) mass is 418 g/mol. The molecule has 1 amide bonds. The first kappa shape index (κ1) is 20.9. The van der Waals surface area contributed by atoms with Gasteiger partial charge in [0.2, 0.25) is 15.9 Å². The highest BCUT2D eigenvalue weighted by molar-refractivity contribution is 7.98. The van der Waals surface area contributed by atoms with Crippen LogP contribution in [0.3, 0.4) is 0 Å². The van der Waals surface area contributed by atoms with Gasteiger partial charge in [0.15, 0.2) is 0 Å². The molecule has 0 radical (unpaired) electrons. The van der Waals surface area contributed by atoms with Gasteiger partial charge in [-0.3, -0.25) is 4.79 Å². The molecule has 0 aliphatic heterocycles. The predicted octanol–water partition coefficient (Wildman–Crippen LogP) is 3.40. The first-order valence-electron chi connectivity index (χ1n) is 9.32. The van der Waals surface area contributed by atoms with Crippen LogP contribution in [0.5, 0.6) is 0 Å². The fourth-order valence-corrected chi connectivity index (χ4v) is 4.98. The Hall–Kier alpha value is -1.83. The molecule has 0 saturated heterocycles. The Kier molecular flexibility index (Phi) is 6.47. The maximum Gasteiger partial charge on any atom is 0.243 e. The summed E-state index contributed by atoms with van der Waals surface area (Å²) in [5, 5.41) is 2.91. The van der Waals surface area contributed by atoms with E-state index in [-0.39, 0.29) is 23.4 Å². The van der Waals surface area contributed by atoms with Crippen molar-refractivity contribution in [1.29, 1.82) is 0 Å². The minimum atomic E-state index is -3.70. The number of hydrogen-bond acceptors (Lipinski definition) is 4. The summed E-state index contributed by atoms with van der Waals surface area (Å²) in [5.41, 5.74) is 3.79. The maximum absolute atomic E-state index is 12.7.